The number of carbonyl (C=O) groups excluding carboxylic acids is 6. The van der Waals surface area contributed by atoms with Gasteiger partial charge in [0.15, 0.2) is 0 Å². The van der Waals surface area contributed by atoms with Gasteiger partial charge >= 0.3 is 0 Å². The molecule has 33 heavy (non-hydrogen) atoms. The second kappa shape index (κ2) is 9.26. The number of hydrogen-bond donors (Lipinski definition) is 2. The fourth-order valence-corrected chi connectivity index (χ4v) is 3.96. The number of hydrogen-bond acceptors (Lipinski definition) is 7. The molecular weight excluding hydrogens is 432 g/mol. The number of epoxide rings is 1. The molecule has 3 aliphatic heterocycles. The van der Waals surface area contributed by atoms with Crippen molar-refractivity contribution in [2.24, 2.45) is 5.41 Å². The molecular formula is C22H28N4O7. The molecule has 0 radical (unpaired) electrons. The van der Waals surface area contributed by atoms with Gasteiger partial charge in [0.25, 0.3) is 23.6 Å². The highest BCUT2D eigenvalue weighted by molar-refractivity contribution is 6.13. The Morgan fingerprint density at radius 1 is 0.879 bits per heavy atom. The Labute approximate surface area is 191 Å². The van der Waals surface area contributed by atoms with Crippen LogP contribution in [0.25, 0.3) is 0 Å². The zero-order chi connectivity index (χ0) is 24.4. The number of imide groups is 2. The monoisotopic (exact) mass is 460 g/mol. The molecule has 0 aromatic rings. The summed E-state index contributed by atoms with van der Waals surface area (Å²) in [5.41, 5.74) is -1.04. The van der Waals surface area contributed by atoms with E-state index in [0.29, 0.717) is 6.54 Å². The first-order valence-corrected chi connectivity index (χ1v) is 10.7. The standard InChI is InChI=1S/C22H28N4O7/c1-21(2,12-23-14(27)8-10-25-16(29)4-5-17(25)30)20-22(3,33-20)13-24-15(28)9-11-26-18(31)6-7-19(26)32/h4-7,20H,8-13H2,1-3H3,(H,23,27)(H,24,28). The van der Waals surface area contributed by atoms with Crippen LogP contribution in [0.15, 0.2) is 24.3 Å². The Balaban J connectivity index is 1.36. The molecule has 0 aromatic carbocycles. The minimum atomic E-state index is -0.606. The molecule has 11 nitrogen and oxygen atoms in total. The largest absolute Gasteiger partial charge is 0.364 e. The van der Waals surface area contributed by atoms with Gasteiger partial charge in [0.05, 0.1) is 6.10 Å². The summed E-state index contributed by atoms with van der Waals surface area (Å²) >= 11 is 0. The maximum absolute atomic E-state index is 12.2. The van der Waals surface area contributed by atoms with E-state index in [1.54, 1.807) is 0 Å². The lowest BCUT2D eigenvalue weighted by molar-refractivity contribution is -0.139. The van der Waals surface area contributed by atoms with Crippen LogP contribution >= 0.6 is 0 Å². The van der Waals surface area contributed by atoms with Crippen LogP contribution in [-0.4, -0.2) is 83.1 Å². The zero-order valence-electron chi connectivity index (χ0n) is 18.9. The molecule has 0 aliphatic carbocycles. The third kappa shape index (κ3) is 5.72. The summed E-state index contributed by atoms with van der Waals surface area (Å²) < 4.78 is 5.83. The molecule has 2 atom stereocenters. The van der Waals surface area contributed by atoms with Crippen molar-refractivity contribution in [1.29, 1.82) is 0 Å². The van der Waals surface area contributed by atoms with Crippen LogP contribution < -0.4 is 10.6 Å². The third-order valence-corrected chi connectivity index (χ3v) is 5.90. The smallest absolute Gasteiger partial charge is 0.253 e. The lowest BCUT2D eigenvalue weighted by Gasteiger charge is -2.25. The molecule has 0 spiro atoms. The average Bonchev–Trinajstić information content (AvgIpc) is 3.22. The number of carbonyl (C=O) groups is 6. The molecule has 3 rings (SSSR count). The van der Waals surface area contributed by atoms with Crippen molar-refractivity contribution >= 4 is 35.4 Å². The first kappa shape index (κ1) is 24.3. The van der Waals surface area contributed by atoms with Crippen LogP contribution in [0.3, 0.4) is 0 Å². The fourth-order valence-electron chi connectivity index (χ4n) is 3.96. The number of nitrogens with one attached hydrogen (secondary N) is 2. The van der Waals surface area contributed by atoms with Crippen LogP contribution in [0.5, 0.6) is 0 Å². The first-order chi connectivity index (χ1) is 15.4. The van der Waals surface area contributed by atoms with Crippen molar-refractivity contribution < 1.29 is 33.5 Å². The predicted molar refractivity (Wildman–Crippen MR) is 114 cm³/mol. The van der Waals surface area contributed by atoms with Crippen LogP contribution in [0, 0.1) is 5.41 Å². The van der Waals surface area contributed by atoms with Crippen molar-refractivity contribution in [3.05, 3.63) is 24.3 Å². The van der Waals surface area contributed by atoms with Gasteiger partial charge in [-0.05, 0) is 6.92 Å². The van der Waals surface area contributed by atoms with E-state index in [0.717, 1.165) is 9.80 Å². The van der Waals surface area contributed by atoms with Crippen LogP contribution in [0.2, 0.25) is 0 Å². The molecule has 2 unspecified atom stereocenters. The maximum atomic E-state index is 12.2. The van der Waals surface area contributed by atoms with E-state index in [2.05, 4.69) is 10.6 Å². The summed E-state index contributed by atoms with van der Waals surface area (Å²) in [6.07, 6.45) is 4.48. The van der Waals surface area contributed by atoms with Gasteiger partial charge in [0, 0.05) is 68.7 Å². The lowest BCUT2D eigenvalue weighted by atomic mass is 9.83. The Bertz CT molecular complexity index is 918. The molecule has 1 fully saturated rings. The molecule has 0 aromatic heterocycles. The molecule has 178 valence electrons. The topological polar surface area (TPSA) is 145 Å². The van der Waals surface area contributed by atoms with Gasteiger partial charge in [-0.25, -0.2) is 0 Å². The van der Waals surface area contributed by atoms with Gasteiger partial charge in [-0.3, -0.25) is 38.6 Å². The third-order valence-electron chi connectivity index (χ3n) is 5.90. The minimum Gasteiger partial charge on any atom is -0.364 e. The fraction of sp³-hybridized carbons (Fsp3) is 0.545. The van der Waals surface area contributed by atoms with Crippen molar-refractivity contribution in [2.45, 2.75) is 45.3 Å². The van der Waals surface area contributed by atoms with Gasteiger partial charge in [0.2, 0.25) is 11.8 Å². The highest BCUT2D eigenvalue weighted by atomic mass is 16.6. The molecule has 0 bridgehead atoms. The number of amides is 6. The summed E-state index contributed by atoms with van der Waals surface area (Å²) in [7, 11) is 0. The van der Waals surface area contributed by atoms with Gasteiger partial charge in [0.1, 0.15) is 5.60 Å². The van der Waals surface area contributed by atoms with Crippen molar-refractivity contribution in [3.63, 3.8) is 0 Å². The number of ether oxygens (including phenoxy) is 1. The van der Waals surface area contributed by atoms with Gasteiger partial charge in [-0.2, -0.15) is 0 Å². The van der Waals surface area contributed by atoms with E-state index in [1.165, 1.54) is 24.3 Å². The second-order valence-electron chi connectivity index (χ2n) is 9.18. The second-order valence-corrected chi connectivity index (χ2v) is 9.18. The normalized spacial score (nSPS) is 24.2. The van der Waals surface area contributed by atoms with Crippen molar-refractivity contribution in [3.8, 4) is 0 Å². The van der Waals surface area contributed by atoms with Gasteiger partial charge in [-0.15, -0.1) is 0 Å². The Hall–Kier alpha value is -3.34. The zero-order valence-corrected chi connectivity index (χ0v) is 18.9. The quantitative estimate of drug-likeness (QED) is 0.298. The summed E-state index contributed by atoms with van der Waals surface area (Å²) in [6.45, 7) is 6.31. The van der Waals surface area contributed by atoms with E-state index in [1.807, 2.05) is 20.8 Å². The molecule has 0 saturated carbocycles. The lowest BCUT2D eigenvalue weighted by Crippen LogP contribution is -2.43. The van der Waals surface area contributed by atoms with Crippen LogP contribution in [-0.2, 0) is 33.5 Å². The summed E-state index contributed by atoms with van der Waals surface area (Å²) in [6, 6.07) is 0. The molecule has 11 heteroatoms. The molecule has 2 N–H and O–H groups in total. The van der Waals surface area contributed by atoms with E-state index >= 15 is 0 Å². The summed E-state index contributed by atoms with van der Waals surface area (Å²) in [5, 5.41) is 5.58. The summed E-state index contributed by atoms with van der Waals surface area (Å²) in [5.74, 6) is -2.29. The van der Waals surface area contributed by atoms with E-state index < -0.39 is 34.6 Å². The van der Waals surface area contributed by atoms with Gasteiger partial charge in [-0.1, -0.05) is 13.8 Å². The van der Waals surface area contributed by atoms with Gasteiger partial charge < -0.3 is 15.4 Å². The molecule has 6 amide bonds. The first-order valence-electron chi connectivity index (χ1n) is 10.7. The molecule has 3 aliphatic rings. The SMILES string of the molecule is CC(C)(CNC(=O)CCN1C(=O)C=CC1=O)C1OC1(C)CNC(=O)CCN1C(=O)C=CC1=O. The Kier molecular flexibility index (Phi) is 6.82. The number of nitrogens with zero attached hydrogens (tertiary/aromatic N) is 2. The highest BCUT2D eigenvalue weighted by Crippen LogP contribution is 2.46. The average molecular weight is 460 g/mol. The Morgan fingerprint density at radius 3 is 1.76 bits per heavy atom. The van der Waals surface area contributed by atoms with E-state index in [-0.39, 0.29) is 50.4 Å². The maximum Gasteiger partial charge on any atom is 0.253 e. The van der Waals surface area contributed by atoms with Crippen LogP contribution in [0.1, 0.15) is 33.6 Å². The number of rotatable bonds is 11. The van der Waals surface area contributed by atoms with E-state index in [9.17, 15) is 28.8 Å². The Morgan fingerprint density at radius 2 is 1.30 bits per heavy atom. The van der Waals surface area contributed by atoms with E-state index in [4.69, 9.17) is 4.74 Å². The molecule has 1 saturated heterocycles. The van der Waals surface area contributed by atoms with Crippen molar-refractivity contribution in [1.82, 2.24) is 20.4 Å². The summed E-state index contributed by atoms with van der Waals surface area (Å²) in [4.78, 5) is 72.5. The highest BCUT2D eigenvalue weighted by Gasteiger charge is 2.59. The van der Waals surface area contributed by atoms with Crippen LogP contribution in [0.4, 0.5) is 0 Å². The van der Waals surface area contributed by atoms with Crippen molar-refractivity contribution in [2.75, 3.05) is 26.2 Å². The molecule has 3 heterocycles. The minimum absolute atomic E-state index is 0.00308. The predicted octanol–water partition coefficient (Wildman–Crippen LogP) is -0.967.